The summed E-state index contributed by atoms with van der Waals surface area (Å²) >= 11 is 12.0. The van der Waals surface area contributed by atoms with Crippen LogP contribution >= 0.6 is 23.2 Å². The molecule has 21 heavy (non-hydrogen) atoms. The predicted octanol–water partition coefficient (Wildman–Crippen LogP) is 3.90. The van der Waals surface area contributed by atoms with Gasteiger partial charge in [0.2, 0.25) is 0 Å². The van der Waals surface area contributed by atoms with Gasteiger partial charge in [-0.2, -0.15) is 0 Å². The molecule has 118 valence electrons. The maximum Gasteiger partial charge on any atom is 0.156 e. The van der Waals surface area contributed by atoms with Gasteiger partial charge in [-0.25, -0.2) is 0 Å². The fourth-order valence-corrected chi connectivity index (χ4v) is 3.13. The van der Waals surface area contributed by atoms with E-state index in [1.165, 1.54) is 25.7 Å². The molecule has 1 unspecified atom stereocenters. The molecule has 1 saturated carbocycles. The van der Waals surface area contributed by atoms with Gasteiger partial charge in [-0.1, -0.05) is 36.2 Å². The summed E-state index contributed by atoms with van der Waals surface area (Å²) in [6.45, 7) is 3.01. The van der Waals surface area contributed by atoms with Crippen LogP contribution in [0.1, 0.15) is 32.6 Å². The van der Waals surface area contributed by atoms with Gasteiger partial charge in [0.05, 0.1) is 10.0 Å². The molecule has 1 aromatic rings. The number of aliphatic hydroxyl groups is 1. The minimum Gasteiger partial charge on any atom is -0.488 e. The fourth-order valence-electron chi connectivity index (χ4n) is 2.63. The monoisotopic (exact) mass is 331 g/mol. The molecule has 1 fully saturated rings. The van der Waals surface area contributed by atoms with Crippen LogP contribution in [0.4, 0.5) is 0 Å². The zero-order chi connectivity index (χ0) is 15.2. The van der Waals surface area contributed by atoms with Crippen molar-refractivity contribution in [1.82, 2.24) is 5.32 Å². The molecule has 3 nitrogen and oxygen atoms in total. The highest BCUT2D eigenvalue weighted by Crippen LogP contribution is 2.32. The maximum absolute atomic E-state index is 10.0. The van der Waals surface area contributed by atoms with Crippen molar-refractivity contribution in [2.24, 2.45) is 5.92 Å². The summed E-state index contributed by atoms with van der Waals surface area (Å²) < 4.78 is 5.53. The highest BCUT2D eigenvalue weighted by Gasteiger charge is 2.19. The number of ether oxygens (including phenoxy) is 1. The van der Waals surface area contributed by atoms with Crippen LogP contribution in [0.3, 0.4) is 0 Å². The van der Waals surface area contributed by atoms with Crippen LogP contribution in [0.5, 0.6) is 5.75 Å². The van der Waals surface area contributed by atoms with Crippen molar-refractivity contribution in [3.63, 3.8) is 0 Å². The first-order valence-corrected chi connectivity index (χ1v) is 8.30. The second kappa shape index (κ2) is 8.23. The number of hydrogen-bond acceptors (Lipinski definition) is 3. The van der Waals surface area contributed by atoms with Crippen molar-refractivity contribution in [3.05, 3.63) is 28.2 Å². The van der Waals surface area contributed by atoms with E-state index in [-0.39, 0.29) is 6.61 Å². The Kier molecular flexibility index (Phi) is 6.62. The Labute approximate surface area is 136 Å². The molecule has 2 rings (SSSR count). The summed E-state index contributed by atoms with van der Waals surface area (Å²) in [6.07, 6.45) is 4.33. The van der Waals surface area contributed by atoms with Gasteiger partial charge >= 0.3 is 0 Å². The fraction of sp³-hybridized carbons (Fsp3) is 0.625. The van der Waals surface area contributed by atoms with Gasteiger partial charge in [-0.15, -0.1) is 0 Å². The molecular weight excluding hydrogens is 309 g/mol. The van der Waals surface area contributed by atoms with E-state index in [9.17, 15) is 5.11 Å². The third kappa shape index (κ3) is 5.33. The van der Waals surface area contributed by atoms with E-state index in [1.54, 1.807) is 18.2 Å². The van der Waals surface area contributed by atoms with Crippen LogP contribution in [0, 0.1) is 5.92 Å². The molecule has 0 radical (unpaired) electrons. The second-order valence-electron chi connectivity index (χ2n) is 5.88. The highest BCUT2D eigenvalue weighted by atomic mass is 35.5. The van der Waals surface area contributed by atoms with Gasteiger partial charge in [-0.05, 0) is 43.7 Å². The van der Waals surface area contributed by atoms with Gasteiger partial charge in [0.25, 0.3) is 0 Å². The highest BCUT2D eigenvalue weighted by molar-refractivity contribution is 6.37. The van der Waals surface area contributed by atoms with Crippen molar-refractivity contribution in [2.75, 3.05) is 13.2 Å². The van der Waals surface area contributed by atoms with Crippen LogP contribution in [0.2, 0.25) is 10.0 Å². The number of hydrogen-bond donors (Lipinski definition) is 2. The first-order valence-electron chi connectivity index (χ1n) is 7.54. The standard InChI is InChI=1S/C16H23Cl2NO2/c1-11-5-7-12(8-6-11)19-9-13(20)10-21-16-14(17)3-2-4-15(16)18/h2-4,11-13,19-20H,5-10H2,1H3. The molecule has 0 spiro atoms. The van der Waals surface area contributed by atoms with Gasteiger partial charge in [-0.3, -0.25) is 0 Å². The molecule has 0 aromatic heterocycles. The molecular formula is C16H23Cl2NO2. The van der Waals surface area contributed by atoms with E-state index in [1.807, 2.05) is 0 Å². The van der Waals surface area contributed by atoms with Gasteiger partial charge in [0.1, 0.15) is 12.7 Å². The molecule has 0 bridgehead atoms. The van der Waals surface area contributed by atoms with E-state index in [2.05, 4.69) is 12.2 Å². The molecule has 1 aliphatic rings. The van der Waals surface area contributed by atoms with Crippen LogP contribution in [0.15, 0.2) is 18.2 Å². The topological polar surface area (TPSA) is 41.5 Å². The van der Waals surface area contributed by atoms with E-state index in [0.717, 1.165) is 5.92 Å². The molecule has 0 heterocycles. The first kappa shape index (κ1) is 16.9. The summed E-state index contributed by atoms with van der Waals surface area (Å²) in [5.74, 6) is 1.27. The SMILES string of the molecule is CC1CCC(NCC(O)COc2c(Cl)cccc2Cl)CC1. The summed E-state index contributed by atoms with van der Waals surface area (Å²) in [5.41, 5.74) is 0. The van der Waals surface area contributed by atoms with Gasteiger partial charge in [0, 0.05) is 12.6 Å². The Morgan fingerprint density at radius 2 is 1.86 bits per heavy atom. The van der Waals surface area contributed by atoms with E-state index in [0.29, 0.717) is 28.4 Å². The lowest BCUT2D eigenvalue weighted by Crippen LogP contribution is -2.39. The van der Waals surface area contributed by atoms with Crippen molar-refractivity contribution in [3.8, 4) is 5.75 Å². The van der Waals surface area contributed by atoms with Gasteiger partial charge in [0.15, 0.2) is 5.75 Å². The minimum atomic E-state index is -0.573. The van der Waals surface area contributed by atoms with Crippen LogP contribution < -0.4 is 10.1 Å². The maximum atomic E-state index is 10.0. The summed E-state index contributed by atoms with van der Waals surface area (Å²) in [4.78, 5) is 0. The zero-order valence-corrected chi connectivity index (χ0v) is 13.8. The predicted molar refractivity (Wildman–Crippen MR) is 87.4 cm³/mol. The van der Waals surface area contributed by atoms with Gasteiger partial charge < -0.3 is 15.2 Å². The Balaban J connectivity index is 1.71. The van der Waals surface area contributed by atoms with Crippen molar-refractivity contribution in [2.45, 2.75) is 44.8 Å². The normalized spacial score (nSPS) is 23.8. The lowest BCUT2D eigenvalue weighted by molar-refractivity contribution is 0.101. The zero-order valence-electron chi connectivity index (χ0n) is 12.3. The Morgan fingerprint density at radius 1 is 1.24 bits per heavy atom. The van der Waals surface area contributed by atoms with E-state index < -0.39 is 6.10 Å². The molecule has 5 heteroatoms. The number of para-hydroxylation sites is 1. The average Bonchev–Trinajstić information content (AvgIpc) is 2.46. The summed E-state index contributed by atoms with van der Waals surface area (Å²) in [5, 5.41) is 14.3. The van der Waals surface area contributed by atoms with Crippen molar-refractivity contribution < 1.29 is 9.84 Å². The Morgan fingerprint density at radius 3 is 2.48 bits per heavy atom. The van der Waals surface area contributed by atoms with Crippen molar-refractivity contribution in [1.29, 1.82) is 0 Å². The lowest BCUT2D eigenvalue weighted by Gasteiger charge is -2.27. The van der Waals surface area contributed by atoms with E-state index >= 15 is 0 Å². The number of aliphatic hydroxyl groups excluding tert-OH is 1. The molecule has 2 N–H and O–H groups in total. The lowest BCUT2D eigenvalue weighted by atomic mass is 9.87. The smallest absolute Gasteiger partial charge is 0.156 e. The minimum absolute atomic E-state index is 0.180. The number of nitrogens with one attached hydrogen (secondary N) is 1. The number of rotatable bonds is 6. The second-order valence-corrected chi connectivity index (χ2v) is 6.70. The third-order valence-corrected chi connectivity index (χ3v) is 4.59. The Hall–Kier alpha value is -0.480. The molecule has 0 aliphatic heterocycles. The van der Waals surface area contributed by atoms with E-state index in [4.69, 9.17) is 27.9 Å². The van der Waals surface area contributed by atoms with Crippen LogP contribution in [0.25, 0.3) is 0 Å². The summed E-state index contributed by atoms with van der Waals surface area (Å²) in [7, 11) is 0. The quantitative estimate of drug-likeness (QED) is 0.830. The third-order valence-electron chi connectivity index (χ3n) is 4.00. The summed E-state index contributed by atoms with van der Waals surface area (Å²) in [6, 6.07) is 5.71. The Bertz CT molecular complexity index is 428. The molecule has 1 aromatic carbocycles. The van der Waals surface area contributed by atoms with Crippen molar-refractivity contribution >= 4 is 23.2 Å². The van der Waals surface area contributed by atoms with Crippen LogP contribution in [-0.2, 0) is 0 Å². The number of halogens is 2. The molecule has 0 amide bonds. The molecule has 1 aliphatic carbocycles. The molecule has 0 saturated heterocycles. The average molecular weight is 332 g/mol. The molecule has 1 atom stereocenters. The first-order chi connectivity index (χ1) is 10.1. The number of benzene rings is 1. The largest absolute Gasteiger partial charge is 0.488 e. The van der Waals surface area contributed by atoms with Crippen LogP contribution in [-0.4, -0.2) is 30.4 Å².